The predicted octanol–water partition coefficient (Wildman–Crippen LogP) is 3.56. The van der Waals surface area contributed by atoms with E-state index in [0.717, 1.165) is 12.1 Å². The van der Waals surface area contributed by atoms with Crippen molar-refractivity contribution >= 4 is 11.6 Å². The minimum atomic E-state index is -0.0414. The van der Waals surface area contributed by atoms with Gasteiger partial charge < -0.3 is 5.73 Å². The van der Waals surface area contributed by atoms with Gasteiger partial charge in [-0.15, -0.1) is 0 Å². The largest absolute Gasteiger partial charge is 0.323 e. The lowest BCUT2D eigenvalue weighted by Gasteiger charge is -2.17. The number of hydrogen-bond donors (Lipinski definition) is 1. The maximum absolute atomic E-state index is 6.08. The molecule has 0 bridgehead atoms. The van der Waals surface area contributed by atoms with E-state index in [9.17, 15) is 0 Å². The first-order valence-corrected chi connectivity index (χ1v) is 5.89. The predicted molar refractivity (Wildman–Crippen MR) is 64.9 cm³/mol. The van der Waals surface area contributed by atoms with Crippen molar-refractivity contribution in [2.24, 2.45) is 11.7 Å². The van der Waals surface area contributed by atoms with Crippen LogP contribution in [0.5, 0.6) is 0 Å². The van der Waals surface area contributed by atoms with Gasteiger partial charge in [-0.05, 0) is 24.5 Å². The van der Waals surface area contributed by atoms with E-state index in [1.54, 1.807) is 6.20 Å². The number of pyridine rings is 1. The second-order valence-electron chi connectivity index (χ2n) is 4.11. The van der Waals surface area contributed by atoms with Gasteiger partial charge >= 0.3 is 0 Å². The zero-order valence-corrected chi connectivity index (χ0v) is 10.2. The van der Waals surface area contributed by atoms with Crippen LogP contribution in [-0.4, -0.2) is 4.98 Å². The van der Waals surface area contributed by atoms with Gasteiger partial charge in [-0.1, -0.05) is 38.3 Å². The molecular weight excluding hydrogens is 208 g/mol. The number of nitrogens with two attached hydrogens (primary N) is 1. The number of nitrogens with zero attached hydrogens (tertiary/aromatic N) is 1. The van der Waals surface area contributed by atoms with Crippen molar-refractivity contribution < 1.29 is 0 Å². The summed E-state index contributed by atoms with van der Waals surface area (Å²) >= 11 is 6.04. The molecule has 0 radical (unpaired) electrons. The van der Waals surface area contributed by atoms with Crippen molar-refractivity contribution in [1.29, 1.82) is 0 Å². The molecular formula is C12H19ClN2. The van der Waals surface area contributed by atoms with Crippen LogP contribution in [-0.2, 0) is 0 Å². The molecule has 3 heteroatoms. The molecule has 2 unspecified atom stereocenters. The topological polar surface area (TPSA) is 38.9 Å². The van der Waals surface area contributed by atoms with E-state index in [-0.39, 0.29) is 6.04 Å². The summed E-state index contributed by atoms with van der Waals surface area (Å²) in [6, 6.07) is 3.63. The maximum atomic E-state index is 6.08. The lowest BCUT2D eigenvalue weighted by molar-refractivity contribution is 0.436. The first-order chi connectivity index (χ1) is 7.15. The molecule has 1 heterocycles. The smallest absolute Gasteiger partial charge is 0.0756 e. The number of hydrogen-bond acceptors (Lipinski definition) is 2. The van der Waals surface area contributed by atoms with Crippen molar-refractivity contribution in [3.05, 3.63) is 29.0 Å². The number of halogens is 1. The average molecular weight is 227 g/mol. The third-order valence-electron chi connectivity index (χ3n) is 2.58. The first-order valence-electron chi connectivity index (χ1n) is 5.51. The van der Waals surface area contributed by atoms with Gasteiger partial charge in [0, 0.05) is 12.2 Å². The van der Waals surface area contributed by atoms with Crippen molar-refractivity contribution in [2.75, 3.05) is 0 Å². The summed E-state index contributed by atoms with van der Waals surface area (Å²) in [6.07, 6.45) is 5.10. The maximum Gasteiger partial charge on any atom is 0.0756 e. The Kier molecular flexibility index (Phi) is 5.06. The second kappa shape index (κ2) is 6.09. The van der Waals surface area contributed by atoms with Crippen LogP contribution in [0.25, 0.3) is 0 Å². The molecule has 2 N–H and O–H groups in total. The van der Waals surface area contributed by atoms with E-state index >= 15 is 0 Å². The third kappa shape index (κ3) is 3.80. The quantitative estimate of drug-likeness (QED) is 0.834. The molecule has 84 valence electrons. The van der Waals surface area contributed by atoms with Gasteiger partial charge in [0.25, 0.3) is 0 Å². The Morgan fingerprint density at radius 1 is 1.53 bits per heavy atom. The van der Waals surface area contributed by atoms with Crippen LogP contribution in [0.3, 0.4) is 0 Å². The Bertz CT molecular complexity index is 301. The van der Waals surface area contributed by atoms with Gasteiger partial charge in [-0.2, -0.15) is 0 Å². The molecule has 0 saturated carbocycles. The molecule has 1 aromatic heterocycles. The lowest BCUT2D eigenvalue weighted by atomic mass is 9.96. The zero-order chi connectivity index (χ0) is 11.3. The van der Waals surface area contributed by atoms with E-state index in [2.05, 4.69) is 18.8 Å². The fourth-order valence-corrected chi connectivity index (χ4v) is 2.09. The van der Waals surface area contributed by atoms with Gasteiger partial charge in [-0.25, -0.2) is 0 Å². The molecule has 1 rings (SSSR count). The SMILES string of the molecule is CCCC(C)CC(N)c1ncccc1Cl. The van der Waals surface area contributed by atoms with Crippen molar-refractivity contribution in [3.63, 3.8) is 0 Å². The normalized spacial score (nSPS) is 14.9. The highest BCUT2D eigenvalue weighted by atomic mass is 35.5. The molecule has 1 aromatic rings. The minimum Gasteiger partial charge on any atom is -0.323 e. The van der Waals surface area contributed by atoms with Crippen molar-refractivity contribution in [3.8, 4) is 0 Å². The van der Waals surface area contributed by atoms with Gasteiger partial charge in [0.05, 0.1) is 10.7 Å². The Balaban J connectivity index is 2.61. The summed E-state index contributed by atoms with van der Waals surface area (Å²) in [4.78, 5) is 4.23. The minimum absolute atomic E-state index is 0.0414. The second-order valence-corrected chi connectivity index (χ2v) is 4.51. The van der Waals surface area contributed by atoms with E-state index in [0.29, 0.717) is 10.9 Å². The molecule has 0 aliphatic rings. The van der Waals surface area contributed by atoms with Gasteiger partial charge in [-0.3, -0.25) is 4.98 Å². The summed E-state index contributed by atoms with van der Waals surface area (Å²) < 4.78 is 0. The number of aromatic nitrogens is 1. The van der Waals surface area contributed by atoms with Crippen LogP contribution in [0.4, 0.5) is 0 Å². The van der Waals surface area contributed by atoms with E-state index in [4.69, 9.17) is 17.3 Å². The third-order valence-corrected chi connectivity index (χ3v) is 2.90. The fourth-order valence-electron chi connectivity index (χ4n) is 1.83. The van der Waals surface area contributed by atoms with Gasteiger partial charge in [0.2, 0.25) is 0 Å². The van der Waals surface area contributed by atoms with Crippen LogP contribution in [0, 0.1) is 5.92 Å². The Morgan fingerprint density at radius 2 is 2.27 bits per heavy atom. The zero-order valence-electron chi connectivity index (χ0n) is 9.41. The van der Waals surface area contributed by atoms with E-state index in [1.165, 1.54) is 12.8 Å². The lowest BCUT2D eigenvalue weighted by Crippen LogP contribution is -2.15. The monoisotopic (exact) mass is 226 g/mol. The highest BCUT2D eigenvalue weighted by Crippen LogP contribution is 2.25. The molecule has 15 heavy (non-hydrogen) atoms. The molecule has 0 saturated heterocycles. The van der Waals surface area contributed by atoms with E-state index in [1.807, 2.05) is 12.1 Å². The molecule has 0 fully saturated rings. The van der Waals surface area contributed by atoms with Crippen LogP contribution in [0.1, 0.15) is 44.8 Å². The summed E-state index contributed by atoms with van der Waals surface area (Å²) in [7, 11) is 0. The van der Waals surface area contributed by atoms with Gasteiger partial charge in [0.1, 0.15) is 0 Å². The highest BCUT2D eigenvalue weighted by molar-refractivity contribution is 6.31. The first kappa shape index (κ1) is 12.5. The van der Waals surface area contributed by atoms with Gasteiger partial charge in [0.15, 0.2) is 0 Å². The van der Waals surface area contributed by atoms with Crippen LogP contribution < -0.4 is 5.73 Å². The summed E-state index contributed by atoms with van der Waals surface area (Å²) in [6.45, 7) is 4.41. The van der Waals surface area contributed by atoms with Crippen LogP contribution >= 0.6 is 11.6 Å². The summed E-state index contributed by atoms with van der Waals surface area (Å²) in [5, 5.41) is 0.675. The standard InChI is InChI=1S/C12H19ClN2/c1-3-5-9(2)8-11(14)12-10(13)6-4-7-15-12/h4,6-7,9,11H,3,5,8,14H2,1-2H3. The molecule has 0 spiro atoms. The Labute approximate surface area is 96.8 Å². The summed E-state index contributed by atoms with van der Waals surface area (Å²) in [5.41, 5.74) is 6.90. The summed E-state index contributed by atoms with van der Waals surface area (Å²) in [5.74, 6) is 0.628. The number of rotatable bonds is 5. The highest BCUT2D eigenvalue weighted by Gasteiger charge is 2.14. The fraction of sp³-hybridized carbons (Fsp3) is 0.583. The molecule has 0 amide bonds. The molecule has 2 atom stereocenters. The molecule has 0 aromatic carbocycles. The van der Waals surface area contributed by atoms with Crippen LogP contribution in [0.2, 0.25) is 5.02 Å². The molecule has 0 aliphatic heterocycles. The van der Waals surface area contributed by atoms with Crippen molar-refractivity contribution in [2.45, 2.75) is 39.2 Å². The molecule has 2 nitrogen and oxygen atoms in total. The van der Waals surface area contributed by atoms with Crippen LogP contribution in [0.15, 0.2) is 18.3 Å². The molecule has 0 aliphatic carbocycles. The Hall–Kier alpha value is -0.600. The van der Waals surface area contributed by atoms with E-state index < -0.39 is 0 Å². The van der Waals surface area contributed by atoms with Crippen molar-refractivity contribution in [1.82, 2.24) is 4.98 Å². The Morgan fingerprint density at radius 3 is 2.87 bits per heavy atom. The average Bonchev–Trinajstić information content (AvgIpc) is 2.18.